The summed E-state index contributed by atoms with van der Waals surface area (Å²) in [6.45, 7) is 0. The van der Waals surface area contributed by atoms with Gasteiger partial charge >= 0.3 is 0 Å². The second-order valence-electron chi connectivity index (χ2n) is 5.94. The number of rotatable bonds is 4. The highest BCUT2D eigenvalue weighted by Crippen LogP contribution is 2.29. The number of carbonyl (C=O) groups is 2. The second-order valence-corrected chi connectivity index (χ2v) is 6.73. The molecule has 0 aliphatic heterocycles. The molecule has 0 radical (unpaired) electrons. The zero-order valence-electron chi connectivity index (χ0n) is 13.4. The predicted octanol–water partition coefficient (Wildman–Crippen LogP) is 4.31. The molecule has 0 bridgehead atoms. The van der Waals surface area contributed by atoms with Crippen molar-refractivity contribution in [3.8, 4) is 0 Å². The fraction of sp³-hybridized carbons (Fsp3) is 0.278. The molecule has 3 rings (SSSR count). The van der Waals surface area contributed by atoms with Gasteiger partial charge in [-0.3, -0.25) is 14.6 Å². The number of nitrogens with one attached hydrogen (secondary N) is 2. The Labute approximate surface area is 155 Å². The Morgan fingerprint density at radius 2 is 1.84 bits per heavy atom. The lowest BCUT2D eigenvalue weighted by atomic mass is 10.2. The lowest BCUT2D eigenvalue weighted by Gasteiger charge is -2.12. The van der Waals surface area contributed by atoms with E-state index in [1.807, 2.05) is 0 Å². The average Bonchev–Trinajstić information content (AvgIpc) is 3.12. The molecule has 1 aromatic carbocycles. The smallest absolute Gasteiger partial charge is 0.270 e. The van der Waals surface area contributed by atoms with E-state index in [9.17, 15) is 9.59 Å². The minimum absolute atomic E-state index is 0.192. The lowest BCUT2D eigenvalue weighted by Crippen LogP contribution is -2.33. The van der Waals surface area contributed by atoms with Gasteiger partial charge in [0.25, 0.3) is 11.8 Å². The topological polar surface area (TPSA) is 71.1 Å². The van der Waals surface area contributed by atoms with Gasteiger partial charge in [0.2, 0.25) is 0 Å². The Hall–Kier alpha value is -2.11. The third kappa shape index (κ3) is 4.30. The standard InChI is InChI=1S/C18H17Cl2N3O2/c19-13-6-3-7-14(16(13)20)23-17(24)11-8-9-21-15(10-11)18(25)22-12-4-1-2-5-12/h3,6-10,12H,1-2,4-5H2,(H,22,25)(H,23,24). The molecule has 1 aliphatic rings. The van der Waals surface area contributed by atoms with Crippen LogP contribution in [0.5, 0.6) is 0 Å². The summed E-state index contributed by atoms with van der Waals surface area (Å²) in [4.78, 5) is 28.8. The van der Waals surface area contributed by atoms with Crippen LogP contribution < -0.4 is 10.6 Å². The number of carbonyl (C=O) groups excluding carboxylic acids is 2. The molecular weight excluding hydrogens is 361 g/mol. The van der Waals surface area contributed by atoms with Crippen molar-refractivity contribution >= 4 is 40.7 Å². The van der Waals surface area contributed by atoms with E-state index in [0.29, 0.717) is 16.3 Å². The van der Waals surface area contributed by atoms with Crippen LogP contribution >= 0.6 is 23.2 Å². The van der Waals surface area contributed by atoms with E-state index in [4.69, 9.17) is 23.2 Å². The van der Waals surface area contributed by atoms with Gasteiger partial charge in [0.15, 0.2) is 0 Å². The van der Waals surface area contributed by atoms with Crippen LogP contribution in [0.15, 0.2) is 36.5 Å². The monoisotopic (exact) mass is 377 g/mol. The third-order valence-corrected chi connectivity index (χ3v) is 4.96. The highest BCUT2D eigenvalue weighted by atomic mass is 35.5. The Bertz CT molecular complexity index is 805. The Kier molecular flexibility index (Phi) is 5.56. The number of benzene rings is 1. The quantitative estimate of drug-likeness (QED) is 0.833. The summed E-state index contributed by atoms with van der Waals surface area (Å²) in [6, 6.07) is 8.19. The van der Waals surface area contributed by atoms with E-state index >= 15 is 0 Å². The van der Waals surface area contributed by atoms with Gasteiger partial charge in [-0.05, 0) is 37.1 Å². The predicted molar refractivity (Wildman–Crippen MR) is 98.4 cm³/mol. The molecule has 1 heterocycles. The Morgan fingerprint density at radius 1 is 1.08 bits per heavy atom. The Balaban J connectivity index is 1.72. The van der Waals surface area contributed by atoms with Crippen molar-refractivity contribution in [2.24, 2.45) is 0 Å². The van der Waals surface area contributed by atoms with Crippen LogP contribution in [0.1, 0.15) is 46.5 Å². The molecular formula is C18H17Cl2N3O2. The van der Waals surface area contributed by atoms with E-state index in [0.717, 1.165) is 25.7 Å². The number of hydrogen-bond acceptors (Lipinski definition) is 3. The normalized spacial score (nSPS) is 14.3. The van der Waals surface area contributed by atoms with E-state index < -0.39 is 0 Å². The summed E-state index contributed by atoms with van der Waals surface area (Å²) < 4.78 is 0. The van der Waals surface area contributed by atoms with Crippen molar-refractivity contribution in [3.05, 3.63) is 57.8 Å². The van der Waals surface area contributed by atoms with Crippen LogP contribution in [0.3, 0.4) is 0 Å². The molecule has 1 saturated carbocycles. The SMILES string of the molecule is O=C(Nc1cccc(Cl)c1Cl)c1ccnc(C(=O)NC2CCCC2)c1. The molecule has 0 spiro atoms. The van der Waals surface area contributed by atoms with Crippen LogP contribution in [-0.2, 0) is 0 Å². The number of amides is 2. The van der Waals surface area contributed by atoms with E-state index in [-0.39, 0.29) is 28.6 Å². The summed E-state index contributed by atoms with van der Waals surface area (Å²) in [6.07, 6.45) is 5.67. The molecule has 25 heavy (non-hydrogen) atoms. The first-order chi connectivity index (χ1) is 12.0. The zero-order chi connectivity index (χ0) is 17.8. The van der Waals surface area contributed by atoms with Crippen LogP contribution in [0.4, 0.5) is 5.69 Å². The summed E-state index contributed by atoms with van der Waals surface area (Å²) in [7, 11) is 0. The van der Waals surface area contributed by atoms with Crippen LogP contribution in [0.25, 0.3) is 0 Å². The van der Waals surface area contributed by atoms with Gasteiger partial charge in [0, 0.05) is 17.8 Å². The van der Waals surface area contributed by atoms with Gasteiger partial charge in [-0.15, -0.1) is 0 Å². The van der Waals surface area contributed by atoms with E-state index in [1.54, 1.807) is 24.3 Å². The summed E-state index contributed by atoms with van der Waals surface area (Å²) >= 11 is 12.0. The van der Waals surface area contributed by atoms with Crippen molar-refractivity contribution in [3.63, 3.8) is 0 Å². The number of hydrogen-bond donors (Lipinski definition) is 2. The average molecular weight is 378 g/mol. The van der Waals surface area contributed by atoms with Crippen molar-refractivity contribution in [1.82, 2.24) is 10.3 Å². The van der Waals surface area contributed by atoms with Crippen LogP contribution in [-0.4, -0.2) is 22.8 Å². The molecule has 0 saturated heterocycles. The van der Waals surface area contributed by atoms with Crippen LogP contribution in [0, 0.1) is 0 Å². The molecule has 1 fully saturated rings. The molecule has 1 aliphatic carbocycles. The molecule has 2 N–H and O–H groups in total. The lowest BCUT2D eigenvalue weighted by molar-refractivity contribution is 0.0933. The fourth-order valence-corrected chi connectivity index (χ4v) is 3.17. The molecule has 5 nitrogen and oxygen atoms in total. The maximum absolute atomic E-state index is 12.4. The van der Waals surface area contributed by atoms with Crippen LogP contribution in [0.2, 0.25) is 10.0 Å². The van der Waals surface area contributed by atoms with Gasteiger partial charge in [0.1, 0.15) is 5.69 Å². The molecule has 0 atom stereocenters. The van der Waals surface area contributed by atoms with Gasteiger partial charge in [-0.2, -0.15) is 0 Å². The van der Waals surface area contributed by atoms with Gasteiger partial charge in [-0.25, -0.2) is 0 Å². The van der Waals surface area contributed by atoms with Gasteiger partial charge in [0.05, 0.1) is 15.7 Å². The molecule has 2 aromatic rings. The van der Waals surface area contributed by atoms with Crippen molar-refractivity contribution in [1.29, 1.82) is 0 Å². The van der Waals surface area contributed by atoms with E-state index in [1.165, 1.54) is 12.3 Å². The largest absolute Gasteiger partial charge is 0.348 e. The molecule has 2 amide bonds. The molecule has 130 valence electrons. The first kappa shape index (κ1) is 17.7. The zero-order valence-corrected chi connectivity index (χ0v) is 14.9. The van der Waals surface area contributed by atoms with Gasteiger partial charge in [-0.1, -0.05) is 42.1 Å². The van der Waals surface area contributed by atoms with Crippen molar-refractivity contribution < 1.29 is 9.59 Å². The number of anilines is 1. The number of halogens is 2. The number of nitrogens with zero attached hydrogens (tertiary/aromatic N) is 1. The molecule has 1 aromatic heterocycles. The molecule has 0 unspecified atom stereocenters. The van der Waals surface area contributed by atoms with Crippen molar-refractivity contribution in [2.45, 2.75) is 31.7 Å². The van der Waals surface area contributed by atoms with Crippen molar-refractivity contribution in [2.75, 3.05) is 5.32 Å². The minimum atomic E-state index is -0.388. The maximum atomic E-state index is 12.4. The van der Waals surface area contributed by atoms with Gasteiger partial charge < -0.3 is 10.6 Å². The summed E-state index contributed by atoms with van der Waals surface area (Å²) in [5.74, 6) is -0.649. The summed E-state index contributed by atoms with van der Waals surface area (Å²) in [5.41, 5.74) is 0.951. The first-order valence-corrected chi connectivity index (χ1v) is 8.82. The van der Waals surface area contributed by atoms with E-state index in [2.05, 4.69) is 15.6 Å². The fourth-order valence-electron chi connectivity index (χ4n) is 2.82. The number of aromatic nitrogens is 1. The third-order valence-electron chi connectivity index (χ3n) is 4.14. The minimum Gasteiger partial charge on any atom is -0.348 e. The highest BCUT2D eigenvalue weighted by Gasteiger charge is 2.19. The first-order valence-electron chi connectivity index (χ1n) is 8.07. The Morgan fingerprint density at radius 3 is 2.60 bits per heavy atom. The maximum Gasteiger partial charge on any atom is 0.270 e. The number of pyridine rings is 1. The second kappa shape index (κ2) is 7.85. The highest BCUT2D eigenvalue weighted by molar-refractivity contribution is 6.44. The summed E-state index contributed by atoms with van der Waals surface area (Å²) in [5, 5.41) is 6.27. The molecule has 7 heteroatoms.